The highest BCUT2D eigenvalue weighted by Crippen LogP contribution is 2.22. The van der Waals surface area contributed by atoms with Crippen LogP contribution in [0.15, 0.2) is 30.3 Å². The molecule has 2 rings (SSSR count). The maximum atomic E-state index is 12.3. The predicted octanol–water partition coefficient (Wildman–Crippen LogP) is 1.99. The van der Waals surface area contributed by atoms with E-state index in [0.29, 0.717) is 25.1 Å². The van der Waals surface area contributed by atoms with Gasteiger partial charge in [-0.1, -0.05) is 18.2 Å². The van der Waals surface area contributed by atoms with Crippen LogP contribution in [0.2, 0.25) is 0 Å². The third-order valence-electron chi connectivity index (χ3n) is 4.13. The molecule has 1 aromatic carbocycles. The molecule has 23 heavy (non-hydrogen) atoms. The molecular weight excluding hydrogens is 294 g/mol. The zero-order chi connectivity index (χ0) is 17.0. The number of carbonyl (C=O) groups excluding carboxylic acids is 2. The number of para-hydroxylation sites is 1. The summed E-state index contributed by atoms with van der Waals surface area (Å²) in [7, 11) is 0. The summed E-state index contributed by atoms with van der Waals surface area (Å²) in [6.45, 7) is 7.87. The molecule has 0 spiro atoms. The fourth-order valence-corrected chi connectivity index (χ4v) is 2.70. The summed E-state index contributed by atoms with van der Waals surface area (Å²) < 4.78 is 5.48. The molecule has 1 heterocycles. The highest BCUT2D eigenvalue weighted by atomic mass is 16.6. The van der Waals surface area contributed by atoms with Crippen LogP contribution in [-0.2, 0) is 9.53 Å². The Balaban J connectivity index is 1.99. The number of amides is 2. The molecule has 1 aromatic rings. The van der Waals surface area contributed by atoms with Gasteiger partial charge in [-0.15, -0.1) is 0 Å². The molecule has 2 unspecified atom stereocenters. The topological polar surface area (TPSA) is 75.9 Å². The highest BCUT2D eigenvalue weighted by molar-refractivity contribution is 6.03. The Morgan fingerprint density at radius 1 is 1.35 bits per heavy atom. The van der Waals surface area contributed by atoms with Gasteiger partial charge in [0.05, 0.1) is 11.7 Å². The van der Waals surface area contributed by atoms with E-state index in [1.165, 1.54) is 0 Å². The maximum absolute atomic E-state index is 12.3. The quantitative estimate of drug-likeness (QED) is 0.862. The van der Waals surface area contributed by atoms with Crippen molar-refractivity contribution in [1.29, 1.82) is 0 Å². The number of nitrogens with zero attached hydrogens (tertiary/aromatic N) is 2. The number of hydrogen-bond acceptors (Lipinski definition) is 5. The fourth-order valence-electron chi connectivity index (χ4n) is 2.70. The lowest BCUT2D eigenvalue weighted by atomic mass is 9.96. The number of hydrogen-bond donors (Lipinski definition) is 1. The minimum absolute atomic E-state index is 0.0332. The molecular formula is C17H25N3O3. The van der Waals surface area contributed by atoms with Crippen LogP contribution in [0.3, 0.4) is 0 Å². The molecule has 2 N–H and O–H groups in total. The lowest BCUT2D eigenvalue weighted by Crippen LogP contribution is -2.58. The monoisotopic (exact) mass is 319 g/mol. The van der Waals surface area contributed by atoms with E-state index in [-0.39, 0.29) is 17.7 Å². The van der Waals surface area contributed by atoms with Gasteiger partial charge in [-0.05, 0) is 39.3 Å². The third-order valence-corrected chi connectivity index (χ3v) is 4.13. The van der Waals surface area contributed by atoms with Gasteiger partial charge in [0.15, 0.2) is 0 Å². The minimum Gasteiger partial charge on any atom is -0.444 e. The second-order valence-electron chi connectivity index (χ2n) is 6.80. The van der Waals surface area contributed by atoms with Gasteiger partial charge in [0.1, 0.15) is 6.10 Å². The summed E-state index contributed by atoms with van der Waals surface area (Å²) in [5.74, 6) is 0. The van der Waals surface area contributed by atoms with E-state index in [2.05, 4.69) is 25.7 Å². The van der Waals surface area contributed by atoms with Crippen molar-refractivity contribution in [3.8, 4) is 0 Å². The lowest BCUT2D eigenvalue weighted by Gasteiger charge is -2.43. The van der Waals surface area contributed by atoms with Gasteiger partial charge in [-0.25, -0.2) is 9.69 Å². The molecule has 0 bridgehead atoms. The van der Waals surface area contributed by atoms with Gasteiger partial charge in [0.25, 0.3) is 0 Å². The largest absolute Gasteiger partial charge is 0.444 e. The van der Waals surface area contributed by atoms with Crippen molar-refractivity contribution in [2.75, 3.05) is 18.0 Å². The van der Waals surface area contributed by atoms with Gasteiger partial charge < -0.3 is 10.5 Å². The molecule has 2 amide bonds. The fraction of sp³-hybridized carbons (Fsp3) is 0.529. The Morgan fingerprint density at radius 2 is 2.00 bits per heavy atom. The normalized spacial score (nSPS) is 22.4. The Labute approximate surface area is 137 Å². The molecule has 1 aliphatic rings. The van der Waals surface area contributed by atoms with Crippen LogP contribution in [0.1, 0.15) is 27.2 Å². The maximum Gasteiger partial charge on any atom is 0.421 e. The van der Waals surface area contributed by atoms with Crippen molar-refractivity contribution in [2.45, 2.75) is 44.9 Å². The Hall–Kier alpha value is -1.92. The summed E-state index contributed by atoms with van der Waals surface area (Å²) >= 11 is 0. The molecule has 6 nitrogen and oxygen atoms in total. The summed E-state index contributed by atoms with van der Waals surface area (Å²) in [5.41, 5.74) is 6.68. The van der Waals surface area contributed by atoms with Crippen LogP contribution in [0.4, 0.5) is 10.5 Å². The van der Waals surface area contributed by atoms with E-state index < -0.39 is 6.09 Å². The van der Waals surface area contributed by atoms with Crippen molar-refractivity contribution >= 4 is 18.2 Å². The number of ether oxygens (including phenoxy) is 1. The molecule has 2 atom stereocenters. The summed E-state index contributed by atoms with van der Waals surface area (Å²) in [6.07, 6.45) is 0.0576. The van der Waals surface area contributed by atoms with E-state index in [1.807, 2.05) is 6.07 Å². The molecule has 1 fully saturated rings. The zero-order valence-corrected chi connectivity index (χ0v) is 13.9. The molecule has 0 saturated carbocycles. The van der Waals surface area contributed by atoms with E-state index in [1.54, 1.807) is 24.3 Å². The van der Waals surface area contributed by atoms with Gasteiger partial charge in [-0.3, -0.25) is 9.69 Å². The lowest BCUT2D eigenvalue weighted by molar-refractivity contribution is -0.107. The summed E-state index contributed by atoms with van der Waals surface area (Å²) in [6, 6.07) is 8.42. The molecule has 1 aliphatic heterocycles. The number of likely N-dealkylation sites (tertiary alicyclic amines) is 1. The van der Waals surface area contributed by atoms with Crippen molar-refractivity contribution < 1.29 is 14.3 Å². The Kier molecular flexibility index (Phi) is 5.38. The van der Waals surface area contributed by atoms with Gasteiger partial charge in [0.2, 0.25) is 6.41 Å². The second-order valence-corrected chi connectivity index (χ2v) is 6.80. The summed E-state index contributed by atoms with van der Waals surface area (Å²) in [4.78, 5) is 26.7. The van der Waals surface area contributed by atoms with Crippen LogP contribution in [0.5, 0.6) is 0 Å². The first-order valence-corrected chi connectivity index (χ1v) is 7.83. The van der Waals surface area contributed by atoms with Crippen LogP contribution >= 0.6 is 0 Å². The van der Waals surface area contributed by atoms with Crippen molar-refractivity contribution in [2.24, 2.45) is 5.73 Å². The van der Waals surface area contributed by atoms with Crippen LogP contribution in [-0.4, -0.2) is 48.2 Å². The van der Waals surface area contributed by atoms with Crippen molar-refractivity contribution in [1.82, 2.24) is 4.90 Å². The highest BCUT2D eigenvalue weighted by Gasteiger charge is 2.34. The van der Waals surface area contributed by atoms with E-state index in [9.17, 15) is 9.59 Å². The molecule has 0 radical (unpaired) electrons. The van der Waals surface area contributed by atoms with Crippen LogP contribution in [0, 0.1) is 0 Å². The first-order valence-electron chi connectivity index (χ1n) is 7.83. The molecule has 6 heteroatoms. The number of imide groups is 1. The Bertz CT molecular complexity index is 542. The summed E-state index contributed by atoms with van der Waals surface area (Å²) in [5, 5.41) is 0. The van der Waals surface area contributed by atoms with Gasteiger partial charge in [-0.2, -0.15) is 0 Å². The van der Waals surface area contributed by atoms with E-state index in [4.69, 9.17) is 10.5 Å². The second kappa shape index (κ2) is 7.10. The van der Waals surface area contributed by atoms with E-state index >= 15 is 0 Å². The molecule has 1 saturated heterocycles. The van der Waals surface area contributed by atoms with Crippen molar-refractivity contribution in [3.63, 3.8) is 0 Å². The van der Waals surface area contributed by atoms with Gasteiger partial charge >= 0.3 is 6.09 Å². The average molecular weight is 319 g/mol. The van der Waals surface area contributed by atoms with Crippen molar-refractivity contribution in [3.05, 3.63) is 30.3 Å². The standard InChI is InChI=1S/C17H25N3O3/c1-17(2,3)19-10-9-15(14(18)11-19)23-16(22)20(12-21)13-7-5-4-6-8-13/h4-8,12,14-15H,9-11,18H2,1-3H3. The first-order chi connectivity index (χ1) is 10.8. The molecule has 126 valence electrons. The minimum atomic E-state index is -0.684. The van der Waals surface area contributed by atoms with Crippen LogP contribution in [0.25, 0.3) is 0 Å². The number of benzene rings is 1. The van der Waals surface area contributed by atoms with E-state index in [0.717, 1.165) is 11.4 Å². The number of rotatable bonds is 3. The number of anilines is 1. The number of nitrogens with two attached hydrogens (primary N) is 1. The van der Waals surface area contributed by atoms with Crippen LogP contribution < -0.4 is 10.6 Å². The Morgan fingerprint density at radius 3 is 2.52 bits per heavy atom. The third kappa shape index (κ3) is 4.30. The molecule has 0 aliphatic carbocycles. The molecule has 0 aromatic heterocycles. The van der Waals surface area contributed by atoms with Gasteiger partial charge in [0, 0.05) is 18.6 Å². The smallest absolute Gasteiger partial charge is 0.421 e. The average Bonchev–Trinajstić information content (AvgIpc) is 2.50. The zero-order valence-electron chi connectivity index (χ0n) is 13.9. The first kappa shape index (κ1) is 17.4. The SMILES string of the molecule is CC(C)(C)N1CCC(OC(=O)N(C=O)c2ccccc2)C(N)C1. The number of piperidine rings is 1. The number of carbonyl (C=O) groups is 2. The predicted molar refractivity (Wildman–Crippen MR) is 89.2 cm³/mol.